The molecule has 0 unspecified atom stereocenters. The molecule has 0 radical (unpaired) electrons. The van der Waals surface area contributed by atoms with Gasteiger partial charge in [-0.2, -0.15) is 0 Å². The van der Waals surface area contributed by atoms with Crippen LogP contribution >= 0.6 is 0 Å². The minimum Gasteiger partial charge on any atom is -0.459 e. The predicted octanol–water partition coefficient (Wildman–Crippen LogP) is 3.71. The largest absolute Gasteiger partial charge is 0.459 e. The summed E-state index contributed by atoms with van der Waals surface area (Å²) in [6.45, 7) is 8.54. The number of carbonyl (C=O) groups is 1. The Balaban J connectivity index is 2.64. The van der Waals surface area contributed by atoms with Crippen LogP contribution in [0.5, 0.6) is 0 Å². The fraction of sp³-hybridized carbons (Fsp3) is 0.786. The summed E-state index contributed by atoms with van der Waals surface area (Å²) >= 11 is 0. The lowest BCUT2D eigenvalue weighted by Crippen LogP contribution is -2.37. The molecule has 0 spiro atoms. The van der Waals surface area contributed by atoms with Crippen molar-refractivity contribution in [3.8, 4) is 0 Å². The van der Waals surface area contributed by atoms with E-state index in [-0.39, 0.29) is 17.5 Å². The molecular formula is C14H24O2. The molecule has 0 amide bonds. The molecule has 1 fully saturated rings. The zero-order valence-electron chi connectivity index (χ0n) is 11.0. The summed E-state index contributed by atoms with van der Waals surface area (Å²) in [4.78, 5) is 11.5. The van der Waals surface area contributed by atoms with Crippen molar-refractivity contribution in [2.24, 2.45) is 11.3 Å². The summed E-state index contributed by atoms with van der Waals surface area (Å²) in [7, 11) is 0. The highest BCUT2D eigenvalue weighted by Gasteiger charge is 2.36. The van der Waals surface area contributed by atoms with Crippen LogP contribution in [0.15, 0.2) is 12.2 Å². The maximum atomic E-state index is 11.5. The van der Waals surface area contributed by atoms with E-state index in [1.165, 1.54) is 25.3 Å². The molecule has 0 aromatic heterocycles. The van der Waals surface area contributed by atoms with Gasteiger partial charge in [0, 0.05) is 12.0 Å². The van der Waals surface area contributed by atoms with Crippen molar-refractivity contribution in [2.45, 2.75) is 59.5 Å². The van der Waals surface area contributed by atoms with Gasteiger partial charge in [0.2, 0.25) is 0 Å². The zero-order valence-corrected chi connectivity index (χ0v) is 11.0. The first-order valence-electron chi connectivity index (χ1n) is 6.28. The van der Waals surface area contributed by atoms with Crippen molar-refractivity contribution in [3.05, 3.63) is 12.2 Å². The van der Waals surface area contributed by atoms with Gasteiger partial charge in [-0.05, 0) is 31.6 Å². The van der Waals surface area contributed by atoms with E-state index in [9.17, 15) is 4.79 Å². The summed E-state index contributed by atoms with van der Waals surface area (Å²) in [6.07, 6.45) is 7.99. The van der Waals surface area contributed by atoms with Gasteiger partial charge in [-0.3, -0.25) is 0 Å². The number of hydrogen-bond donors (Lipinski definition) is 0. The van der Waals surface area contributed by atoms with E-state index in [1.807, 2.05) is 6.92 Å². The van der Waals surface area contributed by atoms with Crippen molar-refractivity contribution in [2.75, 3.05) is 0 Å². The van der Waals surface area contributed by atoms with Crippen molar-refractivity contribution in [1.29, 1.82) is 0 Å². The highest BCUT2D eigenvalue weighted by atomic mass is 16.5. The number of carbonyl (C=O) groups excluding carboxylic acids is 1. The second-order valence-corrected chi connectivity index (χ2v) is 5.73. The smallest absolute Gasteiger partial charge is 0.330 e. The highest BCUT2D eigenvalue weighted by Crippen LogP contribution is 2.39. The Morgan fingerprint density at radius 2 is 1.88 bits per heavy atom. The lowest BCUT2D eigenvalue weighted by atomic mass is 9.71. The van der Waals surface area contributed by atoms with E-state index in [1.54, 1.807) is 6.08 Å². The van der Waals surface area contributed by atoms with E-state index in [4.69, 9.17) is 4.74 Å². The summed E-state index contributed by atoms with van der Waals surface area (Å²) in [5, 5.41) is 0. The maximum Gasteiger partial charge on any atom is 0.330 e. The monoisotopic (exact) mass is 224 g/mol. The van der Waals surface area contributed by atoms with Gasteiger partial charge in [-0.15, -0.1) is 0 Å². The Hall–Kier alpha value is -0.790. The molecule has 0 saturated heterocycles. The van der Waals surface area contributed by atoms with Crippen molar-refractivity contribution >= 4 is 5.97 Å². The van der Waals surface area contributed by atoms with Gasteiger partial charge in [0.05, 0.1) is 0 Å². The van der Waals surface area contributed by atoms with Gasteiger partial charge in [0.25, 0.3) is 0 Å². The third-order valence-corrected chi connectivity index (χ3v) is 3.39. The molecule has 2 nitrogen and oxygen atoms in total. The van der Waals surface area contributed by atoms with E-state index in [2.05, 4.69) is 20.8 Å². The fourth-order valence-corrected chi connectivity index (χ4v) is 2.55. The second kappa shape index (κ2) is 5.51. The minimum atomic E-state index is -0.191. The van der Waals surface area contributed by atoms with Crippen LogP contribution in [0.2, 0.25) is 0 Å². The van der Waals surface area contributed by atoms with Crippen LogP contribution in [0.3, 0.4) is 0 Å². The number of ether oxygens (including phenoxy) is 1. The van der Waals surface area contributed by atoms with E-state index in [0.717, 1.165) is 6.42 Å². The summed E-state index contributed by atoms with van der Waals surface area (Å²) in [5.41, 5.74) is 0.224. The molecule has 0 aromatic rings. The van der Waals surface area contributed by atoms with E-state index < -0.39 is 0 Å². The average Bonchev–Trinajstić information content (AvgIpc) is 2.17. The molecule has 0 aromatic carbocycles. The van der Waals surface area contributed by atoms with Crippen LogP contribution in [0, 0.1) is 11.3 Å². The number of esters is 1. The first-order valence-corrected chi connectivity index (χ1v) is 6.28. The standard InChI is InChI=1S/C14H24O2/c1-5-8-13(15)16-12-10-7-6-9-11(12)14(2,3)4/h5,8,11-12H,6-7,9-10H2,1-4H3/b8-5+/t11-,12-/m1/s1. The van der Waals surface area contributed by atoms with Gasteiger partial charge in [-0.1, -0.05) is 33.3 Å². The molecule has 0 bridgehead atoms. The number of hydrogen-bond acceptors (Lipinski definition) is 2. The Morgan fingerprint density at radius 1 is 1.25 bits per heavy atom. The average molecular weight is 224 g/mol. The normalized spacial score (nSPS) is 27.0. The van der Waals surface area contributed by atoms with Crippen LogP contribution < -0.4 is 0 Å². The predicted molar refractivity (Wildman–Crippen MR) is 66.1 cm³/mol. The van der Waals surface area contributed by atoms with Gasteiger partial charge in [-0.25, -0.2) is 4.79 Å². The van der Waals surface area contributed by atoms with E-state index in [0.29, 0.717) is 5.92 Å². The molecule has 2 atom stereocenters. The van der Waals surface area contributed by atoms with Crippen molar-refractivity contribution < 1.29 is 9.53 Å². The van der Waals surface area contributed by atoms with Gasteiger partial charge in [0.15, 0.2) is 0 Å². The maximum absolute atomic E-state index is 11.5. The Labute approximate surface area is 99.1 Å². The Morgan fingerprint density at radius 3 is 2.44 bits per heavy atom. The van der Waals surface area contributed by atoms with E-state index >= 15 is 0 Å². The van der Waals surface area contributed by atoms with Crippen LogP contribution in [-0.4, -0.2) is 12.1 Å². The first-order chi connectivity index (χ1) is 7.45. The van der Waals surface area contributed by atoms with Crippen molar-refractivity contribution in [1.82, 2.24) is 0 Å². The Kier molecular flexibility index (Phi) is 4.57. The summed E-state index contributed by atoms with van der Waals surface area (Å²) < 4.78 is 5.55. The molecular weight excluding hydrogens is 200 g/mol. The number of rotatable bonds is 2. The van der Waals surface area contributed by atoms with Crippen LogP contribution in [0.4, 0.5) is 0 Å². The quantitative estimate of drug-likeness (QED) is 0.528. The topological polar surface area (TPSA) is 26.3 Å². The van der Waals surface area contributed by atoms with Gasteiger partial charge < -0.3 is 4.74 Å². The molecule has 1 rings (SSSR count). The summed E-state index contributed by atoms with van der Waals surface area (Å²) in [5.74, 6) is 0.305. The van der Waals surface area contributed by atoms with Crippen LogP contribution in [0.25, 0.3) is 0 Å². The first kappa shape index (κ1) is 13.3. The van der Waals surface area contributed by atoms with Crippen molar-refractivity contribution in [3.63, 3.8) is 0 Å². The van der Waals surface area contributed by atoms with Gasteiger partial charge >= 0.3 is 5.97 Å². The SMILES string of the molecule is C/C=C/C(=O)O[C@@H]1CCCC[C@H]1C(C)(C)C. The molecule has 16 heavy (non-hydrogen) atoms. The zero-order chi connectivity index (χ0) is 12.2. The molecule has 0 N–H and O–H groups in total. The molecule has 1 saturated carbocycles. The van der Waals surface area contributed by atoms with Crippen LogP contribution in [-0.2, 0) is 9.53 Å². The molecule has 0 heterocycles. The third kappa shape index (κ3) is 3.66. The number of allylic oxidation sites excluding steroid dienone is 1. The third-order valence-electron chi connectivity index (χ3n) is 3.39. The second-order valence-electron chi connectivity index (χ2n) is 5.73. The van der Waals surface area contributed by atoms with Crippen LogP contribution in [0.1, 0.15) is 53.4 Å². The lowest BCUT2D eigenvalue weighted by molar-refractivity contribution is -0.150. The van der Waals surface area contributed by atoms with Gasteiger partial charge in [0.1, 0.15) is 6.10 Å². The highest BCUT2D eigenvalue weighted by molar-refractivity contribution is 5.81. The minimum absolute atomic E-state index is 0.109. The Bertz CT molecular complexity index is 260. The lowest BCUT2D eigenvalue weighted by Gasteiger charge is -2.39. The molecule has 1 aliphatic carbocycles. The molecule has 2 heteroatoms. The summed E-state index contributed by atoms with van der Waals surface area (Å²) in [6, 6.07) is 0. The fourth-order valence-electron chi connectivity index (χ4n) is 2.55. The molecule has 92 valence electrons. The molecule has 1 aliphatic rings. The molecule has 0 aliphatic heterocycles.